The van der Waals surface area contributed by atoms with Crippen molar-refractivity contribution in [3.63, 3.8) is 0 Å². The van der Waals surface area contributed by atoms with Crippen molar-refractivity contribution >= 4 is 42.2 Å². The van der Waals surface area contributed by atoms with Crippen LogP contribution in [0.25, 0.3) is 22.3 Å². The molecule has 8 atom stereocenters. The number of nitrogens with two attached hydrogens (primary N) is 2. The van der Waals surface area contributed by atoms with Crippen LogP contribution in [-0.4, -0.2) is 95.1 Å². The number of rotatable bonds is 9. The number of nitrogen functional groups attached to an aromatic ring is 2. The number of nitrogens with zero attached hydrogens (tertiary/aromatic N) is 8. The number of fused-ring (bicyclic) bond motifs is 2. The molecule has 17 nitrogen and oxygen atoms in total. The fourth-order valence-electron chi connectivity index (χ4n) is 4.90. The monoisotopic (exact) mass is 579 g/mol. The van der Waals surface area contributed by atoms with Crippen molar-refractivity contribution in [1.29, 1.82) is 0 Å². The molecule has 6 heterocycles. The highest BCUT2D eigenvalue weighted by molar-refractivity contribution is 7.33. The number of halogens is 1. The van der Waals surface area contributed by atoms with Gasteiger partial charge in [0.1, 0.15) is 48.7 Å². The van der Waals surface area contributed by atoms with Crippen LogP contribution in [0, 0.1) is 0 Å². The number of imidazole rings is 2. The van der Waals surface area contributed by atoms with Gasteiger partial charge in [0.2, 0.25) is 0 Å². The third kappa shape index (κ3) is 4.62. The summed E-state index contributed by atoms with van der Waals surface area (Å²) < 4.78 is 59.0. The second-order valence-electron chi connectivity index (χ2n) is 9.10. The van der Waals surface area contributed by atoms with Gasteiger partial charge >= 0.3 is 8.25 Å². The van der Waals surface area contributed by atoms with Crippen LogP contribution in [0.3, 0.4) is 0 Å². The Morgan fingerprint density at radius 2 is 1.62 bits per heavy atom. The lowest BCUT2D eigenvalue weighted by molar-refractivity contribution is -0.0583. The summed E-state index contributed by atoms with van der Waals surface area (Å²) in [6, 6.07) is 0. The van der Waals surface area contributed by atoms with Gasteiger partial charge in [0, 0.05) is 18.1 Å². The van der Waals surface area contributed by atoms with Gasteiger partial charge in [0.05, 0.1) is 25.4 Å². The Balaban J connectivity index is 1.10. The number of hydrogen-bond acceptors (Lipinski definition) is 15. The van der Waals surface area contributed by atoms with E-state index in [2.05, 4.69) is 29.9 Å². The number of hydrogen-bond donors (Lipinski definition) is 3. The molecule has 0 bridgehead atoms. The summed E-state index contributed by atoms with van der Waals surface area (Å²) in [5, 5.41) is 9.93. The lowest BCUT2D eigenvalue weighted by Gasteiger charge is -2.19. The molecule has 4 aromatic rings. The van der Waals surface area contributed by atoms with E-state index in [9.17, 15) is 14.1 Å². The number of alkyl halides is 1. The molecule has 0 aromatic carbocycles. The van der Waals surface area contributed by atoms with Crippen LogP contribution in [-0.2, 0) is 27.8 Å². The van der Waals surface area contributed by atoms with Crippen LogP contribution >= 0.6 is 8.25 Å². The molecule has 0 spiro atoms. The smallest absolute Gasteiger partial charge is 0.394 e. The highest BCUT2D eigenvalue weighted by Gasteiger charge is 2.52. The van der Waals surface area contributed by atoms with Gasteiger partial charge in [-0.3, -0.25) is 9.13 Å². The van der Waals surface area contributed by atoms with Gasteiger partial charge in [-0.15, -0.1) is 9.05 Å². The molecule has 0 aliphatic carbocycles. The molecule has 2 aliphatic heterocycles. The van der Waals surface area contributed by atoms with Crippen molar-refractivity contribution in [2.45, 2.75) is 49.5 Å². The molecule has 2 saturated heterocycles. The van der Waals surface area contributed by atoms with Crippen LogP contribution in [0.1, 0.15) is 18.9 Å². The summed E-state index contributed by atoms with van der Waals surface area (Å²) in [5.41, 5.74) is 13.1. The van der Waals surface area contributed by atoms with E-state index in [1.165, 1.54) is 37.0 Å². The Kier molecular flexibility index (Phi) is 7.22. The Labute approximate surface area is 225 Å². The van der Waals surface area contributed by atoms with E-state index in [0.717, 1.165) is 0 Å². The van der Waals surface area contributed by atoms with Crippen LogP contribution in [0.4, 0.5) is 16.0 Å². The normalized spacial score (nSPS) is 29.1. The topological polar surface area (TPSA) is 223 Å². The molecule has 4 aromatic heterocycles. The van der Waals surface area contributed by atoms with Gasteiger partial charge in [0.15, 0.2) is 41.5 Å². The number of methoxy groups -OCH3 is 1. The number of aromatic nitrogens is 8. The fraction of sp³-hybridized carbons (Fsp3) is 0.524. The maximum Gasteiger partial charge on any atom is 0.697 e. The number of anilines is 2. The molecular formula is C21H25FN10O7P+. The molecule has 0 saturated carbocycles. The summed E-state index contributed by atoms with van der Waals surface area (Å²) in [6.07, 6.45) is -1.43. The number of ether oxygens (including phenoxy) is 3. The molecule has 1 unspecified atom stereocenters. The van der Waals surface area contributed by atoms with Gasteiger partial charge in [0.25, 0.3) is 0 Å². The highest BCUT2D eigenvalue weighted by Crippen LogP contribution is 2.41. The fourth-order valence-corrected chi connectivity index (χ4v) is 5.70. The molecule has 40 heavy (non-hydrogen) atoms. The average molecular weight is 579 g/mol. The first-order chi connectivity index (χ1) is 19.4. The highest BCUT2D eigenvalue weighted by atomic mass is 31.1. The minimum atomic E-state index is -2.75. The minimum Gasteiger partial charge on any atom is -0.394 e. The predicted octanol–water partition coefficient (Wildman–Crippen LogP) is 0.420. The van der Waals surface area contributed by atoms with Gasteiger partial charge in [-0.2, -0.15) is 0 Å². The van der Waals surface area contributed by atoms with Crippen LogP contribution in [0.15, 0.2) is 25.3 Å². The third-order valence-corrected chi connectivity index (χ3v) is 7.54. The molecule has 2 fully saturated rings. The zero-order valence-corrected chi connectivity index (χ0v) is 21.8. The predicted molar refractivity (Wildman–Crippen MR) is 133 cm³/mol. The summed E-state index contributed by atoms with van der Waals surface area (Å²) in [7, 11) is -1.33. The van der Waals surface area contributed by atoms with Crippen molar-refractivity contribution in [3.8, 4) is 0 Å². The third-order valence-electron chi connectivity index (χ3n) is 6.76. The van der Waals surface area contributed by atoms with Crippen molar-refractivity contribution < 1.29 is 37.3 Å². The standard InChI is InChI=1S/C21H25FN10O7P/c1-35-15-14(11(3-33)38-21(15)32-8-30-13-17(24)26-6-28-19(13)32)39-40(34)36-4-9-2-10(22)20(37-9)31-7-29-12-16(23)25-5-27-18(12)31/h5-11,14-15,20-21,33H,2-4H2,1H3,(H2,23,25,27)(H2,24,26,28)/q+1/t9-,10+,11+,14+,15+,20+,21+/m0/s1. The maximum absolute atomic E-state index is 14.9. The molecule has 2 aliphatic rings. The van der Waals surface area contributed by atoms with Crippen molar-refractivity contribution in [3.05, 3.63) is 25.3 Å². The van der Waals surface area contributed by atoms with E-state index in [4.69, 9.17) is 34.7 Å². The first-order valence-corrected chi connectivity index (χ1v) is 13.2. The van der Waals surface area contributed by atoms with E-state index < -0.39 is 57.9 Å². The SMILES string of the molecule is CO[C@@H]1[C@H](O[P+](=O)OC[C@@H]2C[C@@H](F)[C@H](n3cnc4c(N)ncnc43)O2)[C@@H](CO)O[C@H]1n1cnc2c(N)ncnc21. The second-order valence-corrected chi connectivity index (χ2v) is 10.0. The van der Waals surface area contributed by atoms with Gasteiger partial charge in [-0.05, 0) is 0 Å². The second kappa shape index (κ2) is 10.8. The van der Waals surface area contributed by atoms with E-state index in [1.807, 2.05) is 0 Å². The molecule has 0 amide bonds. The average Bonchev–Trinajstić information content (AvgIpc) is 3.72. The van der Waals surface area contributed by atoms with Crippen LogP contribution in [0.5, 0.6) is 0 Å². The van der Waals surface area contributed by atoms with Crippen molar-refractivity contribution in [1.82, 2.24) is 39.0 Å². The van der Waals surface area contributed by atoms with Gasteiger partial charge in [-0.1, -0.05) is 0 Å². The van der Waals surface area contributed by atoms with Crippen LogP contribution in [0.2, 0.25) is 0 Å². The zero-order chi connectivity index (χ0) is 28.0. The van der Waals surface area contributed by atoms with E-state index in [-0.39, 0.29) is 24.7 Å². The van der Waals surface area contributed by atoms with Gasteiger partial charge < -0.3 is 30.8 Å². The van der Waals surface area contributed by atoms with Crippen LogP contribution < -0.4 is 11.5 Å². The lowest BCUT2D eigenvalue weighted by atomic mass is 10.1. The summed E-state index contributed by atoms with van der Waals surface area (Å²) in [5.74, 6) is 0.350. The Morgan fingerprint density at radius 1 is 1.00 bits per heavy atom. The minimum absolute atomic E-state index is 0.0264. The summed E-state index contributed by atoms with van der Waals surface area (Å²) in [4.78, 5) is 24.5. The molecule has 0 radical (unpaired) electrons. The maximum atomic E-state index is 14.9. The Morgan fingerprint density at radius 3 is 2.23 bits per heavy atom. The number of aliphatic hydroxyl groups excluding tert-OH is 1. The Hall–Kier alpha value is -3.51. The summed E-state index contributed by atoms with van der Waals surface area (Å²) >= 11 is 0. The van der Waals surface area contributed by atoms with E-state index in [0.29, 0.717) is 22.3 Å². The van der Waals surface area contributed by atoms with Crippen molar-refractivity contribution in [2.24, 2.45) is 0 Å². The first kappa shape index (κ1) is 26.7. The summed E-state index contributed by atoms with van der Waals surface area (Å²) in [6.45, 7) is -0.686. The zero-order valence-electron chi connectivity index (χ0n) is 20.9. The molecule has 5 N–H and O–H groups in total. The van der Waals surface area contributed by atoms with Gasteiger partial charge in [-0.25, -0.2) is 34.3 Å². The molecule has 19 heteroatoms. The quantitative estimate of drug-likeness (QED) is 0.229. The van der Waals surface area contributed by atoms with Crippen molar-refractivity contribution in [2.75, 3.05) is 31.8 Å². The largest absolute Gasteiger partial charge is 0.697 e. The van der Waals surface area contributed by atoms with E-state index >= 15 is 0 Å². The number of aliphatic hydroxyl groups is 1. The first-order valence-electron chi connectivity index (χ1n) is 12.1. The Bertz CT molecular complexity index is 1540. The molecule has 6 rings (SSSR count). The van der Waals surface area contributed by atoms with E-state index in [1.54, 1.807) is 4.57 Å². The lowest BCUT2D eigenvalue weighted by Crippen LogP contribution is -2.36. The molecular weight excluding hydrogens is 554 g/mol. The molecule has 212 valence electrons.